The van der Waals surface area contributed by atoms with Crippen LogP contribution in [0.15, 0.2) is 6.20 Å². The highest BCUT2D eigenvalue weighted by Gasteiger charge is 2.38. The molecule has 1 saturated heterocycles. The number of aromatic nitrogens is 4. The zero-order valence-electron chi connectivity index (χ0n) is 15.8. The Bertz CT molecular complexity index is 927. The highest BCUT2D eigenvalue weighted by Crippen LogP contribution is 2.41. The third-order valence-electron chi connectivity index (χ3n) is 5.72. The molecule has 0 unspecified atom stereocenters. The molecule has 0 spiro atoms. The van der Waals surface area contributed by atoms with Crippen molar-refractivity contribution in [2.24, 2.45) is 5.92 Å². The predicted molar refractivity (Wildman–Crippen MR) is 97.4 cm³/mol. The molecular weight excluding hydrogens is 389 g/mol. The lowest BCUT2D eigenvalue weighted by atomic mass is 9.93. The second kappa shape index (κ2) is 6.75. The van der Waals surface area contributed by atoms with Crippen molar-refractivity contribution in [1.82, 2.24) is 19.7 Å². The minimum atomic E-state index is -4.56. The largest absolute Gasteiger partial charge is 0.482 e. The molecule has 2 fully saturated rings. The number of halogens is 3. The summed E-state index contributed by atoms with van der Waals surface area (Å²) in [6.07, 6.45) is -0.952. The zero-order valence-corrected chi connectivity index (χ0v) is 15.8. The van der Waals surface area contributed by atoms with Crippen molar-refractivity contribution in [1.29, 1.82) is 0 Å². The number of aryl methyl sites for hydroxylation is 1. The highest BCUT2D eigenvalue weighted by molar-refractivity contribution is 5.62. The van der Waals surface area contributed by atoms with Crippen molar-refractivity contribution in [3.63, 3.8) is 0 Å². The van der Waals surface area contributed by atoms with Gasteiger partial charge in [-0.1, -0.05) is 0 Å². The van der Waals surface area contributed by atoms with Gasteiger partial charge in [-0.05, 0) is 26.2 Å². The van der Waals surface area contributed by atoms with Crippen molar-refractivity contribution in [2.45, 2.75) is 44.5 Å². The number of ether oxygens (including phenoxy) is 2. The molecular formula is C18H21F3N6O2. The lowest BCUT2D eigenvalue weighted by molar-refractivity contribution is -0.137. The third kappa shape index (κ3) is 3.26. The monoisotopic (exact) mass is 410 g/mol. The van der Waals surface area contributed by atoms with E-state index in [0.29, 0.717) is 30.5 Å². The summed E-state index contributed by atoms with van der Waals surface area (Å²) in [7, 11) is 0. The molecule has 0 radical (unpaired) electrons. The molecule has 5 rings (SSSR count). The fourth-order valence-corrected chi connectivity index (χ4v) is 3.85. The second-order valence-corrected chi connectivity index (χ2v) is 7.71. The van der Waals surface area contributed by atoms with Gasteiger partial charge in [0.25, 0.3) is 0 Å². The molecule has 4 heterocycles. The summed E-state index contributed by atoms with van der Waals surface area (Å²) in [6.45, 7) is 2.87. The van der Waals surface area contributed by atoms with Crippen LogP contribution in [-0.2, 0) is 10.9 Å². The Balaban J connectivity index is 1.61. The molecule has 1 saturated carbocycles. The van der Waals surface area contributed by atoms with E-state index in [-0.39, 0.29) is 36.4 Å². The number of alkyl halides is 3. The molecule has 0 aromatic carbocycles. The number of nitrogens with zero attached hydrogens (tertiary/aromatic N) is 4. The van der Waals surface area contributed by atoms with Crippen molar-refractivity contribution < 1.29 is 22.6 Å². The van der Waals surface area contributed by atoms with Gasteiger partial charge in [0.15, 0.2) is 11.6 Å². The van der Waals surface area contributed by atoms with E-state index < -0.39 is 11.7 Å². The maximum absolute atomic E-state index is 13.4. The second-order valence-electron chi connectivity index (χ2n) is 7.71. The minimum Gasteiger partial charge on any atom is -0.482 e. The SMILES string of the molecule is Cc1nn(C2CCC2)c2c1O[C@H]1COC[C@H]1CNc1nc(ncc1C(F)(F)F)N2. The summed E-state index contributed by atoms with van der Waals surface area (Å²) in [4.78, 5) is 8.02. The Morgan fingerprint density at radius 3 is 2.79 bits per heavy atom. The Morgan fingerprint density at radius 2 is 2.07 bits per heavy atom. The molecule has 29 heavy (non-hydrogen) atoms. The van der Waals surface area contributed by atoms with Gasteiger partial charge in [0.1, 0.15) is 23.2 Å². The van der Waals surface area contributed by atoms with Crippen molar-refractivity contribution in [3.8, 4) is 5.75 Å². The minimum absolute atomic E-state index is 0.0640. The zero-order chi connectivity index (χ0) is 20.2. The lowest BCUT2D eigenvalue weighted by Crippen LogP contribution is -2.31. The van der Waals surface area contributed by atoms with Crippen LogP contribution in [0.25, 0.3) is 0 Å². The summed E-state index contributed by atoms with van der Waals surface area (Å²) in [5.74, 6) is 0.839. The number of hydrogen-bond acceptors (Lipinski definition) is 7. The summed E-state index contributed by atoms with van der Waals surface area (Å²) >= 11 is 0. The molecule has 156 valence electrons. The smallest absolute Gasteiger partial charge is 0.421 e. The van der Waals surface area contributed by atoms with E-state index in [1.165, 1.54) is 0 Å². The molecule has 2 aliphatic heterocycles. The van der Waals surface area contributed by atoms with Crippen LogP contribution in [0.2, 0.25) is 0 Å². The Hall–Kier alpha value is -2.56. The van der Waals surface area contributed by atoms with Crippen LogP contribution in [0.1, 0.15) is 36.6 Å². The first kappa shape index (κ1) is 18.5. The predicted octanol–water partition coefficient (Wildman–Crippen LogP) is 3.29. The van der Waals surface area contributed by atoms with Gasteiger partial charge in [-0.25, -0.2) is 9.67 Å². The highest BCUT2D eigenvalue weighted by atomic mass is 19.4. The van der Waals surface area contributed by atoms with Crippen LogP contribution in [0.5, 0.6) is 5.75 Å². The summed E-state index contributed by atoms with van der Waals surface area (Å²) < 4.78 is 53.9. The quantitative estimate of drug-likeness (QED) is 0.746. The molecule has 8 nitrogen and oxygen atoms in total. The summed E-state index contributed by atoms with van der Waals surface area (Å²) in [5, 5.41) is 10.5. The van der Waals surface area contributed by atoms with Crippen LogP contribution in [-0.4, -0.2) is 45.6 Å². The van der Waals surface area contributed by atoms with E-state index in [1.54, 1.807) is 0 Å². The first-order valence-electron chi connectivity index (χ1n) is 9.69. The third-order valence-corrected chi connectivity index (χ3v) is 5.72. The van der Waals surface area contributed by atoms with Gasteiger partial charge in [-0.2, -0.15) is 23.3 Å². The van der Waals surface area contributed by atoms with E-state index in [9.17, 15) is 13.2 Å². The Kier molecular flexibility index (Phi) is 4.30. The first-order chi connectivity index (χ1) is 13.9. The molecule has 2 N–H and O–H groups in total. The number of anilines is 3. The van der Waals surface area contributed by atoms with Gasteiger partial charge in [-0.15, -0.1) is 0 Å². The number of hydrogen-bond donors (Lipinski definition) is 2. The molecule has 2 bridgehead atoms. The molecule has 3 aliphatic rings. The molecule has 1 aliphatic carbocycles. The maximum atomic E-state index is 13.4. The average molecular weight is 410 g/mol. The van der Waals surface area contributed by atoms with Crippen LogP contribution >= 0.6 is 0 Å². The fraction of sp³-hybridized carbons (Fsp3) is 0.611. The van der Waals surface area contributed by atoms with E-state index >= 15 is 0 Å². The number of fused-ring (bicyclic) bond motifs is 4. The van der Waals surface area contributed by atoms with Crippen LogP contribution in [0.4, 0.5) is 30.8 Å². The van der Waals surface area contributed by atoms with Crippen LogP contribution in [0.3, 0.4) is 0 Å². The van der Waals surface area contributed by atoms with E-state index in [2.05, 4.69) is 25.7 Å². The number of rotatable bonds is 1. The fourth-order valence-electron chi connectivity index (χ4n) is 3.85. The standard InChI is InChI=1S/C18H21F3N6O2/c1-9-14-16(27(26-9)11-3-2-4-11)25-17-23-6-12(18(19,20)21)15(24-17)22-5-10-7-28-8-13(10)29-14/h6,10-11,13H,2-5,7-8H2,1H3,(H2,22,23,24,25)/t10-,13+/m1/s1. The van der Waals surface area contributed by atoms with Crippen LogP contribution in [0, 0.1) is 12.8 Å². The van der Waals surface area contributed by atoms with Gasteiger partial charge in [0, 0.05) is 18.7 Å². The van der Waals surface area contributed by atoms with Gasteiger partial charge in [0.2, 0.25) is 5.95 Å². The Morgan fingerprint density at radius 1 is 1.24 bits per heavy atom. The van der Waals surface area contributed by atoms with E-state index in [1.807, 2.05) is 11.6 Å². The Labute approximate surface area is 164 Å². The lowest BCUT2D eigenvalue weighted by Gasteiger charge is -2.27. The summed E-state index contributed by atoms with van der Waals surface area (Å²) in [5.41, 5.74) is -0.188. The van der Waals surface area contributed by atoms with Crippen molar-refractivity contribution in [3.05, 3.63) is 17.5 Å². The van der Waals surface area contributed by atoms with Gasteiger partial charge in [0.05, 0.1) is 19.3 Å². The van der Waals surface area contributed by atoms with Crippen LogP contribution < -0.4 is 15.4 Å². The molecule has 2 atom stereocenters. The van der Waals surface area contributed by atoms with Gasteiger partial charge < -0.3 is 20.1 Å². The van der Waals surface area contributed by atoms with Crippen molar-refractivity contribution >= 4 is 17.6 Å². The summed E-state index contributed by atoms with van der Waals surface area (Å²) in [6, 6.07) is 0.223. The maximum Gasteiger partial charge on any atom is 0.421 e. The topological polar surface area (TPSA) is 86.1 Å². The number of nitrogens with one attached hydrogen (secondary N) is 2. The molecule has 2 aromatic heterocycles. The normalized spacial score (nSPS) is 24.3. The molecule has 11 heteroatoms. The van der Waals surface area contributed by atoms with Crippen molar-refractivity contribution in [2.75, 3.05) is 30.4 Å². The van der Waals surface area contributed by atoms with Gasteiger partial charge in [-0.3, -0.25) is 0 Å². The molecule has 0 amide bonds. The van der Waals surface area contributed by atoms with E-state index in [0.717, 1.165) is 25.5 Å². The van der Waals surface area contributed by atoms with Gasteiger partial charge >= 0.3 is 6.18 Å². The first-order valence-corrected chi connectivity index (χ1v) is 9.69. The average Bonchev–Trinajstić information content (AvgIpc) is 3.17. The van der Waals surface area contributed by atoms with E-state index in [4.69, 9.17) is 9.47 Å². The molecule has 2 aromatic rings.